The zero-order valence-electron chi connectivity index (χ0n) is 14.5. The van der Waals surface area contributed by atoms with Crippen molar-refractivity contribution < 1.29 is 10.0 Å². The smallest absolute Gasteiger partial charge is 0.274 e. The van der Waals surface area contributed by atoms with Crippen LogP contribution in [0, 0.1) is 18.3 Å². The van der Waals surface area contributed by atoms with Crippen LogP contribution in [0.4, 0.5) is 5.69 Å². The van der Waals surface area contributed by atoms with Crippen molar-refractivity contribution in [2.24, 2.45) is 11.3 Å². The average Bonchev–Trinajstić information content (AvgIpc) is 2.58. The van der Waals surface area contributed by atoms with Crippen LogP contribution in [-0.2, 0) is 6.42 Å². The third-order valence-electron chi connectivity index (χ3n) is 6.74. The van der Waals surface area contributed by atoms with Gasteiger partial charge in [0.25, 0.3) is 5.91 Å². The Kier molecular flexibility index (Phi) is 4.03. The summed E-state index contributed by atoms with van der Waals surface area (Å²) in [5.74, 6) is 0.396. The maximum atomic E-state index is 11.7. The van der Waals surface area contributed by atoms with Gasteiger partial charge in [0.2, 0.25) is 0 Å². The molecule has 3 aliphatic rings. The number of hydrogen-bond donors (Lipinski definition) is 3. The first-order chi connectivity index (χ1) is 11.6. The fraction of sp³-hybridized carbons (Fsp3) is 0.650. The maximum Gasteiger partial charge on any atom is 0.274 e. The minimum Gasteiger partial charge on any atom is -0.382 e. The molecule has 24 heavy (non-hydrogen) atoms. The van der Waals surface area contributed by atoms with Crippen molar-refractivity contribution in [3.63, 3.8) is 0 Å². The normalized spacial score (nSPS) is 25.5. The van der Waals surface area contributed by atoms with Gasteiger partial charge in [0.15, 0.2) is 0 Å². The number of nitrogens with one attached hydrogen (secondary N) is 2. The number of hydroxylamine groups is 1. The van der Waals surface area contributed by atoms with Crippen molar-refractivity contribution in [3.05, 3.63) is 28.8 Å². The van der Waals surface area contributed by atoms with Crippen molar-refractivity contribution >= 4 is 11.6 Å². The summed E-state index contributed by atoms with van der Waals surface area (Å²) in [6, 6.07) is 4.59. The topological polar surface area (TPSA) is 61.4 Å². The van der Waals surface area contributed by atoms with Crippen LogP contribution in [-0.4, -0.2) is 17.2 Å². The van der Waals surface area contributed by atoms with Crippen molar-refractivity contribution in [2.45, 2.75) is 70.8 Å². The van der Waals surface area contributed by atoms with Gasteiger partial charge in [0.05, 0.1) is 0 Å². The van der Waals surface area contributed by atoms with E-state index < -0.39 is 5.91 Å². The lowest BCUT2D eigenvalue weighted by molar-refractivity contribution is 0.00389. The van der Waals surface area contributed by atoms with Gasteiger partial charge < -0.3 is 5.32 Å². The fourth-order valence-corrected chi connectivity index (χ4v) is 5.38. The molecule has 1 aromatic carbocycles. The minimum absolute atomic E-state index is 0.421. The summed E-state index contributed by atoms with van der Waals surface area (Å²) >= 11 is 0. The predicted molar refractivity (Wildman–Crippen MR) is 94.4 cm³/mol. The zero-order valence-corrected chi connectivity index (χ0v) is 14.5. The number of rotatable bonds is 2. The Bertz CT molecular complexity index is 641. The minimum atomic E-state index is -0.421. The number of benzene rings is 1. The van der Waals surface area contributed by atoms with Gasteiger partial charge >= 0.3 is 0 Å². The molecule has 1 unspecified atom stereocenters. The van der Waals surface area contributed by atoms with Gasteiger partial charge in [0.1, 0.15) is 0 Å². The van der Waals surface area contributed by atoms with Gasteiger partial charge in [-0.1, -0.05) is 19.3 Å². The summed E-state index contributed by atoms with van der Waals surface area (Å²) < 4.78 is 0. The van der Waals surface area contributed by atoms with Gasteiger partial charge in [0, 0.05) is 17.3 Å². The molecule has 1 atom stereocenters. The summed E-state index contributed by atoms with van der Waals surface area (Å²) in [5, 5.41) is 12.6. The van der Waals surface area contributed by atoms with Gasteiger partial charge in [-0.2, -0.15) is 0 Å². The molecule has 4 heteroatoms. The summed E-state index contributed by atoms with van der Waals surface area (Å²) in [5.41, 5.74) is 6.29. The second kappa shape index (κ2) is 6.07. The van der Waals surface area contributed by atoms with Gasteiger partial charge in [-0.05, 0) is 80.0 Å². The Morgan fingerprint density at radius 1 is 1.25 bits per heavy atom. The van der Waals surface area contributed by atoms with Gasteiger partial charge in [-0.3, -0.25) is 10.0 Å². The van der Waals surface area contributed by atoms with E-state index in [0.29, 0.717) is 17.0 Å². The van der Waals surface area contributed by atoms with Crippen LogP contribution in [0.1, 0.15) is 72.9 Å². The van der Waals surface area contributed by atoms with Crippen molar-refractivity contribution in [1.29, 1.82) is 0 Å². The van der Waals surface area contributed by atoms with Gasteiger partial charge in [-0.15, -0.1) is 0 Å². The van der Waals surface area contributed by atoms with E-state index in [1.165, 1.54) is 56.2 Å². The molecule has 0 bridgehead atoms. The van der Waals surface area contributed by atoms with Crippen LogP contribution >= 0.6 is 0 Å². The molecule has 1 aliphatic heterocycles. The average molecular weight is 328 g/mol. The van der Waals surface area contributed by atoms with E-state index in [1.807, 2.05) is 13.0 Å². The Morgan fingerprint density at radius 2 is 2.00 bits per heavy atom. The largest absolute Gasteiger partial charge is 0.382 e. The molecular formula is C20H28N2O2. The summed E-state index contributed by atoms with van der Waals surface area (Å²) in [6.45, 7) is 1.93. The van der Waals surface area contributed by atoms with Crippen LogP contribution in [0.5, 0.6) is 0 Å². The first-order valence-electron chi connectivity index (χ1n) is 9.45. The van der Waals surface area contributed by atoms with E-state index in [1.54, 1.807) is 5.48 Å². The lowest BCUT2D eigenvalue weighted by Gasteiger charge is -2.53. The van der Waals surface area contributed by atoms with Crippen LogP contribution in [0.2, 0.25) is 0 Å². The highest BCUT2D eigenvalue weighted by Crippen LogP contribution is 2.56. The number of fused-ring (bicyclic) bond motifs is 1. The SMILES string of the molecule is Cc1cc2c(cc1C(=O)NO)CCC(C1CC3(CCCCC3)C1)N2. The lowest BCUT2D eigenvalue weighted by atomic mass is 9.53. The van der Waals surface area contributed by atoms with Crippen LogP contribution in [0.15, 0.2) is 12.1 Å². The second-order valence-corrected chi connectivity index (χ2v) is 8.28. The van der Waals surface area contributed by atoms with Crippen molar-refractivity contribution in [1.82, 2.24) is 5.48 Å². The van der Waals surface area contributed by atoms with Crippen LogP contribution in [0.3, 0.4) is 0 Å². The van der Waals surface area contributed by atoms with Crippen molar-refractivity contribution in [2.75, 3.05) is 5.32 Å². The molecule has 1 amide bonds. The number of aryl methyl sites for hydroxylation is 2. The van der Waals surface area contributed by atoms with E-state index in [0.717, 1.165) is 24.3 Å². The molecule has 0 saturated heterocycles. The Balaban J connectivity index is 1.45. The molecule has 4 rings (SSSR count). The standard InChI is InChI=1S/C20H28N2O2/c1-13-9-18-14(10-16(13)19(23)22-24)5-6-17(21-18)15-11-20(12-15)7-3-2-4-8-20/h9-10,15,17,21,24H,2-8,11-12H2,1H3,(H,22,23). The van der Waals surface area contributed by atoms with E-state index in [2.05, 4.69) is 11.4 Å². The summed E-state index contributed by atoms with van der Waals surface area (Å²) in [7, 11) is 0. The second-order valence-electron chi connectivity index (χ2n) is 8.28. The highest BCUT2D eigenvalue weighted by atomic mass is 16.5. The molecule has 2 aliphatic carbocycles. The Hall–Kier alpha value is -1.55. The molecule has 1 aromatic rings. The number of carbonyl (C=O) groups excluding carboxylic acids is 1. The molecule has 4 nitrogen and oxygen atoms in total. The molecule has 1 spiro atoms. The first kappa shape index (κ1) is 15.9. The maximum absolute atomic E-state index is 11.7. The molecule has 0 aromatic heterocycles. The number of carbonyl (C=O) groups is 1. The van der Waals surface area contributed by atoms with E-state index in [9.17, 15) is 4.79 Å². The Labute approximate surface area is 144 Å². The fourth-order valence-electron chi connectivity index (χ4n) is 5.38. The molecular weight excluding hydrogens is 300 g/mol. The number of anilines is 1. The highest BCUT2D eigenvalue weighted by molar-refractivity contribution is 5.95. The molecule has 2 saturated carbocycles. The van der Waals surface area contributed by atoms with E-state index in [4.69, 9.17) is 5.21 Å². The molecule has 1 heterocycles. The number of amides is 1. The number of hydrogen-bond acceptors (Lipinski definition) is 3. The van der Waals surface area contributed by atoms with Crippen molar-refractivity contribution in [3.8, 4) is 0 Å². The quantitative estimate of drug-likeness (QED) is 0.563. The van der Waals surface area contributed by atoms with Crippen LogP contribution < -0.4 is 10.8 Å². The molecule has 3 N–H and O–H groups in total. The zero-order chi connectivity index (χ0) is 16.7. The third kappa shape index (κ3) is 2.71. The van der Waals surface area contributed by atoms with Crippen LogP contribution in [0.25, 0.3) is 0 Å². The van der Waals surface area contributed by atoms with Gasteiger partial charge in [-0.25, -0.2) is 5.48 Å². The van der Waals surface area contributed by atoms with E-state index >= 15 is 0 Å². The Morgan fingerprint density at radius 3 is 2.71 bits per heavy atom. The molecule has 130 valence electrons. The monoisotopic (exact) mass is 328 g/mol. The predicted octanol–water partition coefficient (Wildman–Crippen LogP) is 4.20. The van der Waals surface area contributed by atoms with E-state index in [-0.39, 0.29) is 0 Å². The molecule has 0 radical (unpaired) electrons. The lowest BCUT2D eigenvalue weighted by Crippen LogP contribution is -2.47. The first-order valence-corrected chi connectivity index (χ1v) is 9.45. The molecule has 2 fully saturated rings. The summed E-state index contributed by atoms with van der Waals surface area (Å²) in [4.78, 5) is 11.7. The highest BCUT2D eigenvalue weighted by Gasteiger charge is 2.47. The third-order valence-corrected chi connectivity index (χ3v) is 6.74. The summed E-state index contributed by atoms with van der Waals surface area (Å²) in [6.07, 6.45) is 12.2.